The first-order valence-corrected chi connectivity index (χ1v) is 5.85. The molecule has 0 unspecified atom stereocenters. The minimum atomic E-state index is -3.21. The molecular formula is C10H11NO2S. The molecule has 0 N–H and O–H groups in total. The molecule has 3 nitrogen and oxygen atoms in total. The van der Waals surface area contributed by atoms with E-state index in [1.807, 2.05) is 30.3 Å². The van der Waals surface area contributed by atoms with Gasteiger partial charge in [-0.05, 0) is 18.1 Å². The third-order valence-corrected chi connectivity index (χ3v) is 2.72. The van der Waals surface area contributed by atoms with Crippen LogP contribution in [0.15, 0.2) is 30.3 Å². The van der Waals surface area contributed by atoms with Crippen LogP contribution in [-0.4, -0.2) is 26.0 Å². The fourth-order valence-electron chi connectivity index (χ4n) is 0.748. The average Bonchev–Trinajstić information content (AvgIpc) is 2.14. The highest BCUT2D eigenvalue weighted by atomic mass is 32.2. The molecular weight excluding hydrogens is 198 g/mol. The van der Waals surface area contributed by atoms with Crippen LogP contribution in [-0.2, 0) is 10.0 Å². The van der Waals surface area contributed by atoms with Gasteiger partial charge in [-0.1, -0.05) is 18.2 Å². The normalized spacial score (nSPS) is 10.1. The van der Waals surface area contributed by atoms with E-state index in [0.717, 1.165) is 16.1 Å². The molecule has 0 radical (unpaired) electrons. The molecule has 1 aromatic carbocycles. The van der Waals surface area contributed by atoms with E-state index in [2.05, 4.69) is 12.0 Å². The summed E-state index contributed by atoms with van der Waals surface area (Å²) in [5.74, 6) is 2.75. The first kappa shape index (κ1) is 10.6. The minimum absolute atomic E-state index is 0.794. The summed E-state index contributed by atoms with van der Waals surface area (Å²) in [7, 11) is -1.79. The average molecular weight is 209 g/mol. The van der Waals surface area contributed by atoms with Crippen molar-refractivity contribution in [2.45, 2.75) is 0 Å². The van der Waals surface area contributed by atoms with Crippen molar-refractivity contribution >= 4 is 10.0 Å². The molecule has 1 rings (SSSR count). The zero-order valence-electron chi connectivity index (χ0n) is 8.06. The molecule has 0 aliphatic carbocycles. The smallest absolute Gasteiger partial charge is 0.232 e. The molecule has 1 aromatic rings. The summed E-state index contributed by atoms with van der Waals surface area (Å²) in [6.45, 7) is 0. The van der Waals surface area contributed by atoms with E-state index >= 15 is 0 Å². The number of hydrogen-bond donors (Lipinski definition) is 0. The molecule has 0 fully saturated rings. The van der Waals surface area contributed by atoms with E-state index in [-0.39, 0.29) is 0 Å². The Kier molecular flexibility index (Phi) is 3.15. The van der Waals surface area contributed by atoms with Crippen molar-refractivity contribution < 1.29 is 8.42 Å². The van der Waals surface area contributed by atoms with Gasteiger partial charge in [-0.2, -0.15) is 0 Å². The SMILES string of the molecule is CN(C#Cc1ccccc1)S(C)(=O)=O. The van der Waals surface area contributed by atoms with Gasteiger partial charge in [-0.15, -0.1) is 0 Å². The molecule has 74 valence electrons. The van der Waals surface area contributed by atoms with Crippen molar-refractivity contribution in [1.29, 1.82) is 0 Å². The summed E-state index contributed by atoms with van der Waals surface area (Å²) < 4.78 is 23.0. The van der Waals surface area contributed by atoms with E-state index < -0.39 is 10.0 Å². The van der Waals surface area contributed by atoms with Gasteiger partial charge >= 0.3 is 0 Å². The number of rotatable bonds is 1. The van der Waals surface area contributed by atoms with Gasteiger partial charge in [0.1, 0.15) is 0 Å². The molecule has 0 saturated carbocycles. The fourth-order valence-corrected chi connectivity index (χ4v) is 0.959. The predicted molar refractivity (Wildman–Crippen MR) is 55.9 cm³/mol. The Balaban J connectivity index is 2.85. The van der Waals surface area contributed by atoms with Gasteiger partial charge in [0.25, 0.3) is 0 Å². The molecule has 0 atom stereocenters. The summed E-state index contributed by atoms with van der Waals surface area (Å²) in [5.41, 5.74) is 0.794. The van der Waals surface area contributed by atoms with E-state index in [4.69, 9.17) is 0 Å². The molecule has 0 spiro atoms. The second kappa shape index (κ2) is 4.16. The standard InChI is InChI=1S/C10H11NO2S/c1-11(14(2,12)13)9-8-10-6-4-3-5-7-10/h3-7H,1-2H3. The van der Waals surface area contributed by atoms with Gasteiger partial charge in [0.15, 0.2) is 0 Å². The van der Waals surface area contributed by atoms with Crippen LogP contribution in [0.2, 0.25) is 0 Å². The van der Waals surface area contributed by atoms with Crippen LogP contribution in [0.3, 0.4) is 0 Å². The van der Waals surface area contributed by atoms with Crippen molar-refractivity contribution in [1.82, 2.24) is 4.31 Å². The summed E-state index contributed by atoms with van der Waals surface area (Å²) in [6.07, 6.45) is 1.12. The molecule has 0 amide bonds. The van der Waals surface area contributed by atoms with Crippen LogP contribution in [0.25, 0.3) is 0 Å². The number of benzene rings is 1. The molecule has 0 saturated heterocycles. The van der Waals surface area contributed by atoms with Gasteiger partial charge in [0.2, 0.25) is 10.0 Å². The first-order valence-electron chi connectivity index (χ1n) is 4.01. The molecule has 0 aromatic heterocycles. The van der Waals surface area contributed by atoms with Crippen LogP contribution in [0.1, 0.15) is 5.56 Å². The van der Waals surface area contributed by atoms with Gasteiger partial charge in [0.05, 0.1) is 6.26 Å². The topological polar surface area (TPSA) is 37.4 Å². The van der Waals surface area contributed by atoms with E-state index in [0.29, 0.717) is 0 Å². The van der Waals surface area contributed by atoms with Crippen molar-refractivity contribution in [2.75, 3.05) is 13.3 Å². The Labute approximate surface area is 84.4 Å². The van der Waals surface area contributed by atoms with Gasteiger partial charge < -0.3 is 0 Å². The Morgan fingerprint density at radius 3 is 2.29 bits per heavy atom. The third-order valence-electron chi connectivity index (χ3n) is 1.63. The Hall–Kier alpha value is -1.47. The zero-order valence-corrected chi connectivity index (χ0v) is 8.88. The second-order valence-electron chi connectivity index (χ2n) is 2.83. The van der Waals surface area contributed by atoms with Gasteiger partial charge in [-0.3, -0.25) is 0 Å². The summed E-state index contributed by atoms with van der Waals surface area (Å²) in [6, 6.07) is 11.8. The molecule has 0 aliphatic heterocycles. The van der Waals surface area contributed by atoms with Crippen LogP contribution < -0.4 is 0 Å². The molecule has 0 aliphatic rings. The molecule has 14 heavy (non-hydrogen) atoms. The first-order chi connectivity index (χ1) is 6.50. The Morgan fingerprint density at radius 1 is 1.21 bits per heavy atom. The number of hydrogen-bond acceptors (Lipinski definition) is 2. The van der Waals surface area contributed by atoms with Crippen molar-refractivity contribution in [2.24, 2.45) is 0 Å². The van der Waals surface area contributed by atoms with Crippen molar-refractivity contribution in [3.05, 3.63) is 35.9 Å². The lowest BCUT2D eigenvalue weighted by Gasteiger charge is -2.05. The lowest BCUT2D eigenvalue weighted by atomic mass is 10.2. The summed E-state index contributed by atoms with van der Waals surface area (Å²) in [5, 5.41) is 0. The fraction of sp³-hybridized carbons (Fsp3) is 0.200. The van der Waals surface area contributed by atoms with Gasteiger partial charge in [-0.25, -0.2) is 12.7 Å². The van der Waals surface area contributed by atoms with Crippen molar-refractivity contribution in [3.63, 3.8) is 0 Å². The lowest BCUT2D eigenvalue weighted by Crippen LogP contribution is -2.19. The van der Waals surface area contributed by atoms with Gasteiger partial charge in [0, 0.05) is 18.7 Å². The minimum Gasteiger partial charge on any atom is -0.232 e. The maximum atomic E-state index is 11.0. The summed E-state index contributed by atoms with van der Waals surface area (Å²) >= 11 is 0. The zero-order chi connectivity index (χ0) is 10.6. The molecule has 0 heterocycles. The largest absolute Gasteiger partial charge is 0.238 e. The Morgan fingerprint density at radius 2 is 1.79 bits per heavy atom. The predicted octanol–water partition coefficient (Wildman–Crippen LogP) is 0.887. The lowest BCUT2D eigenvalue weighted by molar-refractivity contribution is 0.554. The second-order valence-corrected chi connectivity index (χ2v) is 4.85. The van der Waals surface area contributed by atoms with Crippen LogP contribution in [0, 0.1) is 12.0 Å². The van der Waals surface area contributed by atoms with E-state index in [1.165, 1.54) is 7.05 Å². The molecule has 4 heteroatoms. The number of sulfonamides is 1. The monoisotopic (exact) mass is 209 g/mol. The Bertz CT molecular complexity index is 454. The van der Waals surface area contributed by atoms with Crippen LogP contribution in [0.4, 0.5) is 0 Å². The quantitative estimate of drug-likeness (QED) is 0.509. The highest BCUT2D eigenvalue weighted by molar-refractivity contribution is 7.88. The van der Waals surface area contributed by atoms with Crippen LogP contribution in [0.5, 0.6) is 0 Å². The van der Waals surface area contributed by atoms with E-state index in [9.17, 15) is 8.42 Å². The maximum Gasteiger partial charge on any atom is 0.238 e. The summed E-state index contributed by atoms with van der Waals surface area (Å²) in [4.78, 5) is 0. The third kappa shape index (κ3) is 3.11. The van der Waals surface area contributed by atoms with E-state index in [1.54, 1.807) is 0 Å². The van der Waals surface area contributed by atoms with Crippen molar-refractivity contribution in [3.8, 4) is 12.0 Å². The highest BCUT2D eigenvalue weighted by Gasteiger charge is 2.04. The maximum absolute atomic E-state index is 11.0. The molecule has 0 bridgehead atoms. The van der Waals surface area contributed by atoms with Crippen LogP contribution >= 0.6 is 0 Å². The number of nitrogens with zero attached hydrogens (tertiary/aromatic N) is 1. The highest BCUT2D eigenvalue weighted by Crippen LogP contribution is 1.96.